The zero-order valence-corrected chi connectivity index (χ0v) is 17.1. The summed E-state index contributed by atoms with van der Waals surface area (Å²) in [5, 5.41) is 11.0. The third-order valence-corrected chi connectivity index (χ3v) is 5.77. The molecule has 1 aliphatic heterocycles. The molecule has 1 amide bonds. The Balaban J connectivity index is 1.87. The van der Waals surface area contributed by atoms with E-state index < -0.39 is 17.7 Å². The van der Waals surface area contributed by atoms with Crippen LogP contribution in [0.5, 0.6) is 0 Å². The number of benzene rings is 1. The summed E-state index contributed by atoms with van der Waals surface area (Å²) in [7, 11) is 0. The Morgan fingerprint density at radius 2 is 2.07 bits per heavy atom. The number of ketones is 1. The fourth-order valence-corrected chi connectivity index (χ4v) is 3.69. The first-order valence-corrected chi connectivity index (χ1v) is 9.74. The number of Topliss-reactive ketones (excluding diaryl/α,β-unsaturated/α-hetero) is 1. The van der Waals surface area contributed by atoms with Crippen molar-refractivity contribution in [3.8, 4) is 0 Å². The number of aryl methyl sites for hydroxylation is 1. The van der Waals surface area contributed by atoms with Gasteiger partial charge < -0.3 is 14.4 Å². The maximum Gasteiger partial charge on any atom is 0.296 e. The van der Waals surface area contributed by atoms with Crippen LogP contribution in [0.2, 0.25) is 0 Å². The van der Waals surface area contributed by atoms with Crippen molar-refractivity contribution in [2.75, 3.05) is 0 Å². The van der Waals surface area contributed by atoms with Crippen LogP contribution >= 0.6 is 15.9 Å². The Kier molecular flexibility index (Phi) is 5.07. The first kappa shape index (κ1) is 19.1. The van der Waals surface area contributed by atoms with E-state index in [1.54, 1.807) is 54.9 Å². The Bertz CT molecular complexity index is 1110. The number of nitrogens with zero attached hydrogens (tertiary/aromatic N) is 2. The first-order valence-electron chi connectivity index (χ1n) is 8.94. The molecular formula is C22H17BrN2O4. The number of carbonyl (C=O) groups is 2. The molecule has 0 saturated carbocycles. The van der Waals surface area contributed by atoms with Gasteiger partial charge in [-0.05, 0) is 48.4 Å². The molecule has 0 aliphatic carbocycles. The van der Waals surface area contributed by atoms with Crippen LogP contribution in [0.4, 0.5) is 0 Å². The van der Waals surface area contributed by atoms with Gasteiger partial charge in [-0.2, -0.15) is 0 Å². The molecule has 2 aromatic heterocycles. The molecule has 6 nitrogen and oxygen atoms in total. The van der Waals surface area contributed by atoms with Gasteiger partial charge in [0.15, 0.2) is 0 Å². The molecule has 146 valence electrons. The summed E-state index contributed by atoms with van der Waals surface area (Å²) in [6.07, 6.45) is 4.71. The van der Waals surface area contributed by atoms with Gasteiger partial charge in [0.1, 0.15) is 11.5 Å². The number of rotatable bonds is 4. The van der Waals surface area contributed by atoms with Crippen molar-refractivity contribution in [3.63, 3.8) is 0 Å². The topological polar surface area (TPSA) is 83.6 Å². The lowest BCUT2D eigenvalue weighted by molar-refractivity contribution is -0.140. The quantitative estimate of drug-likeness (QED) is 0.361. The molecule has 1 aromatic carbocycles. The van der Waals surface area contributed by atoms with Crippen molar-refractivity contribution in [1.29, 1.82) is 0 Å². The lowest BCUT2D eigenvalue weighted by Crippen LogP contribution is -2.29. The highest BCUT2D eigenvalue weighted by Crippen LogP contribution is 2.40. The number of likely N-dealkylation sites (tertiary alicyclic amines) is 1. The summed E-state index contributed by atoms with van der Waals surface area (Å²) in [4.78, 5) is 31.3. The summed E-state index contributed by atoms with van der Waals surface area (Å²) in [5.74, 6) is -1.09. The van der Waals surface area contributed by atoms with Gasteiger partial charge in [-0.3, -0.25) is 14.6 Å². The highest BCUT2D eigenvalue weighted by atomic mass is 79.9. The smallest absolute Gasteiger partial charge is 0.296 e. The Hall–Kier alpha value is -3.19. The maximum absolute atomic E-state index is 12.9. The number of halogens is 1. The van der Waals surface area contributed by atoms with E-state index in [9.17, 15) is 14.7 Å². The van der Waals surface area contributed by atoms with Gasteiger partial charge in [0.2, 0.25) is 0 Å². The molecule has 1 unspecified atom stereocenters. The molecule has 1 N–H and O–H groups in total. The molecule has 0 bridgehead atoms. The molecule has 4 rings (SSSR count). The van der Waals surface area contributed by atoms with Crippen LogP contribution in [0, 0.1) is 6.92 Å². The number of hydrogen-bond acceptors (Lipinski definition) is 5. The highest BCUT2D eigenvalue weighted by Gasteiger charge is 2.46. The predicted molar refractivity (Wildman–Crippen MR) is 110 cm³/mol. The second kappa shape index (κ2) is 7.67. The summed E-state index contributed by atoms with van der Waals surface area (Å²) < 4.78 is 6.25. The molecule has 3 heterocycles. The number of aliphatic hydroxyl groups excluding tert-OH is 1. The molecule has 0 spiro atoms. The van der Waals surface area contributed by atoms with Crippen LogP contribution in [-0.2, 0) is 16.1 Å². The standard InChI is InChI=1S/C22H17BrN2O4/c1-13-10-14(6-7-17(13)23)20(26)18-19(15-4-2-8-24-11-15)25(22(28)21(18)27)12-16-5-3-9-29-16/h2-11,19,26H,12H2,1H3/b20-18-. The van der Waals surface area contributed by atoms with Crippen molar-refractivity contribution < 1.29 is 19.1 Å². The van der Waals surface area contributed by atoms with Gasteiger partial charge in [0.05, 0.1) is 24.4 Å². The minimum atomic E-state index is -0.766. The molecule has 0 radical (unpaired) electrons. The van der Waals surface area contributed by atoms with Crippen molar-refractivity contribution in [2.24, 2.45) is 0 Å². The fraction of sp³-hybridized carbons (Fsp3) is 0.136. The Morgan fingerprint density at radius 3 is 2.72 bits per heavy atom. The van der Waals surface area contributed by atoms with Gasteiger partial charge in [-0.25, -0.2) is 0 Å². The van der Waals surface area contributed by atoms with Crippen molar-refractivity contribution in [1.82, 2.24) is 9.88 Å². The van der Waals surface area contributed by atoms with Gasteiger partial charge in [-0.15, -0.1) is 0 Å². The normalized spacial score (nSPS) is 18.4. The SMILES string of the molecule is Cc1cc(/C(O)=C2/C(=O)C(=O)N(Cc3ccco3)C2c2cccnc2)ccc1Br. The Labute approximate surface area is 175 Å². The van der Waals surface area contributed by atoms with Gasteiger partial charge >= 0.3 is 0 Å². The van der Waals surface area contributed by atoms with E-state index >= 15 is 0 Å². The van der Waals surface area contributed by atoms with Crippen LogP contribution in [-0.4, -0.2) is 26.7 Å². The number of amides is 1. The summed E-state index contributed by atoms with van der Waals surface area (Å²) in [6.45, 7) is 1.99. The Morgan fingerprint density at radius 1 is 1.24 bits per heavy atom. The molecule has 1 fully saturated rings. The van der Waals surface area contributed by atoms with Crippen molar-refractivity contribution >= 4 is 33.4 Å². The van der Waals surface area contributed by atoms with E-state index in [1.807, 2.05) is 6.92 Å². The van der Waals surface area contributed by atoms with E-state index in [0.717, 1.165) is 10.0 Å². The van der Waals surface area contributed by atoms with Crippen LogP contribution in [0.3, 0.4) is 0 Å². The maximum atomic E-state index is 12.9. The summed E-state index contributed by atoms with van der Waals surface area (Å²) in [5.41, 5.74) is 2.04. The third kappa shape index (κ3) is 3.49. The van der Waals surface area contributed by atoms with E-state index in [1.165, 1.54) is 11.2 Å². The molecule has 1 saturated heterocycles. The van der Waals surface area contributed by atoms with Crippen LogP contribution in [0.25, 0.3) is 5.76 Å². The molecule has 1 atom stereocenters. The van der Waals surface area contributed by atoms with Gasteiger partial charge in [0, 0.05) is 22.4 Å². The van der Waals surface area contributed by atoms with E-state index in [0.29, 0.717) is 16.9 Å². The van der Waals surface area contributed by atoms with Crippen LogP contribution in [0.1, 0.15) is 28.5 Å². The molecule has 7 heteroatoms. The van der Waals surface area contributed by atoms with Gasteiger partial charge in [0.25, 0.3) is 11.7 Å². The van der Waals surface area contributed by atoms with Crippen LogP contribution < -0.4 is 0 Å². The highest BCUT2D eigenvalue weighted by molar-refractivity contribution is 9.10. The van der Waals surface area contributed by atoms with Crippen LogP contribution in [0.15, 0.2) is 75.6 Å². The molecule has 29 heavy (non-hydrogen) atoms. The largest absolute Gasteiger partial charge is 0.507 e. The lowest BCUT2D eigenvalue weighted by atomic mass is 9.96. The molecule has 3 aromatic rings. The summed E-state index contributed by atoms with van der Waals surface area (Å²) in [6, 6.07) is 11.4. The van der Waals surface area contributed by atoms with E-state index in [4.69, 9.17) is 4.42 Å². The fourth-order valence-electron chi connectivity index (χ4n) is 3.45. The molecular weight excluding hydrogens is 436 g/mol. The van der Waals surface area contributed by atoms with Crippen molar-refractivity contribution in [2.45, 2.75) is 19.5 Å². The monoisotopic (exact) mass is 452 g/mol. The van der Waals surface area contributed by atoms with E-state index in [2.05, 4.69) is 20.9 Å². The second-order valence-corrected chi connectivity index (χ2v) is 7.61. The minimum absolute atomic E-state index is 0.0382. The van der Waals surface area contributed by atoms with Crippen molar-refractivity contribution in [3.05, 3.63) is 93.6 Å². The zero-order valence-electron chi connectivity index (χ0n) is 15.5. The number of aromatic nitrogens is 1. The number of pyridine rings is 1. The third-order valence-electron chi connectivity index (χ3n) is 4.88. The lowest BCUT2D eigenvalue weighted by Gasteiger charge is -2.24. The first-order chi connectivity index (χ1) is 14.0. The average Bonchev–Trinajstić information content (AvgIpc) is 3.32. The molecule has 1 aliphatic rings. The minimum Gasteiger partial charge on any atom is -0.507 e. The second-order valence-electron chi connectivity index (χ2n) is 6.76. The number of furan rings is 1. The predicted octanol–water partition coefficient (Wildman–Crippen LogP) is 4.37. The average molecular weight is 453 g/mol. The zero-order chi connectivity index (χ0) is 20.5. The number of aliphatic hydroxyl groups is 1. The summed E-state index contributed by atoms with van der Waals surface area (Å²) >= 11 is 3.43. The number of hydrogen-bond donors (Lipinski definition) is 1. The number of carbonyl (C=O) groups excluding carboxylic acids is 2. The van der Waals surface area contributed by atoms with Gasteiger partial charge in [-0.1, -0.05) is 28.1 Å². The van der Waals surface area contributed by atoms with E-state index in [-0.39, 0.29) is 17.9 Å².